The molecule has 6 nitrogen and oxygen atoms in total. The summed E-state index contributed by atoms with van der Waals surface area (Å²) in [6.07, 6.45) is 0. The summed E-state index contributed by atoms with van der Waals surface area (Å²) in [5, 5.41) is 5.75. The van der Waals surface area contributed by atoms with Crippen LogP contribution < -0.4 is 10.6 Å². The van der Waals surface area contributed by atoms with E-state index in [-0.39, 0.29) is 22.8 Å². The summed E-state index contributed by atoms with van der Waals surface area (Å²) in [5.41, 5.74) is 0.242. The highest BCUT2D eigenvalue weighted by atomic mass is 35.5. The Morgan fingerprint density at radius 3 is 2.83 bits per heavy atom. The van der Waals surface area contributed by atoms with Gasteiger partial charge < -0.3 is 20.1 Å². The van der Waals surface area contributed by atoms with Crippen LogP contribution in [0, 0.1) is 5.82 Å². The summed E-state index contributed by atoms with van der Waals surface area (Å²) in [6.45, 7) is 4.05. The summed E-state index contributed by atoms with van der Waals surface area (Å²) in [7, 11) is 0. The van der Waals surface area contributed by atoms with Crippen LogP contribution >= 0.6 is 11.6 Å². The van der Waals surface area contributed by atoms with Crippen molar-refractivity contribution in [1.29, 1.82) is 0 Å². The highest BCUT2D eigenvalue weighted by molar-refractivity contribution is 6.33. The van der Waals surface area contributed by atoms with Crippen LogP contribution in [0.4, 0.5) is 14.9 Å². The Balaban J connectivity index is 1.59. The van der Waals surface area contributed by atoms with Gasteiger partial charge in [-0.15, -0.1) is 0 Å². The molecule has 8 heteroatoms. The van der Waals surface area contributed by atoms with Crippen LogP contribution in [-0.2, 0) is 9.47 Å². The molecular weight excluding hydrogens is 325 g/mol. The van der Waals surface area contributed by atoms with Crippen LogP contribution in [0.25, 0.3) is 0 Å². The van der Waals surface area contributed by atoms with E-state index in [9.17, 15) is 9.18 Å². The average molecular weight is 344 g/mol. The molecule has 0 unspecified atom stereocenters. The largest absolute Gasteiger partial charge is 0.379 e. The van der Waals surface area contributed by atoms with Gasteiger partial charge in [0.25, 0.3) is 0 Å². The second-order valence-electron chi connectivity index (χ2n) is 5.58. The number of benzene rings is 1. The fourth-order valence-electron chi connectivity index (χ4n) is 2.87. The van der Waals surface area contributed by atoms with Gasteiger partial charge in [-0.25, -0.2) is 9.18 Å². The second-order valence-corrected chi connectivity index (χ2v) is 5.99. The van der Waals surface area contributed by atoms with Gasteiger partial charge in [-0.1, -0.05) is 11.6 Å². The van der Waals surface area contributed by atoms with Gasteiger partial charge in [0.15, 0.2) is 0 Å². The number of carbonyl (C=O) groups excluding carboxylic acids is 1. The van der Waals surface area contributed by atoms with Crippen molar-refractivity contribution in [1.82, 2.24) is 10.2 Å². The number of carbonyl (C=O) groups is 1. The number of hydrogen-bond acceptors (Lipinski definition) is 4. The number of urea groups is 1. The van der Waals surface area contributed by atoms with Crippen LogP contribution in [-0.4, -0.2) is 62.5 Å². The summed E-state index contributed by atoms with van der Waals surface area (Å²) in [5.74, 6) is -0.458. The lowest BCUT2D eigenvalue weighted by molar-refractivity contribution is 0.0113. The second kappa shape index (κ2) is 7.44. The Hall–Kier alpha value is -1.41. The molecule has 0 aliphatic carbocycles. The van der Waals surface area contributed by atoms with E-state index in [1.54, 1.807) is 0 Å². The van der Waals surface area contributed by atoms with E-state index in [0.717, 1.165) is 13.1 Å². The van der Waals surface area contributed by atoms with E-state index in [1.165, 1.54) is 18.2 Å². The highest BCUT2D eigenvalue weighted by Gasteiger charge is 2.34. The molecule has 0 spiro atoms. The molecule has 3 rings (SSSR count). The van der Waals surface area contributed by atoms with Crippen molar-refractivity contribution in [2.24, 2.45) is 0 Å². The fraction of sp³-hybridized carbons (Fsp3) is 0.533. The number of ether oxygens (including phenoxy) is 2. The maximum Gasteiger partial charge on any atom is 0.319 e. The van der Waals surface area contributed by atoms with E-state index >= 15 is 0 Å². The maximum atomic E-state index is 13.2. The topological polar surface area (TPSA) is 62.8 Å². The molecule has 0 bridgehead atoms. The molecule has 2 aliphatic heterocycles. The van der Waals surface area contributed by atoms with E-state index in [4.69, 9.17) is 21.1 Å². The third-order valence-corrected chi connectivity index (χ3v) is 4.39. The Kier molecular flexibility index (Phi) is 5.32. The zero-order valence-corrected chi connectivity index (χ0v) is 13.3. The van der Waals surface area contributed by atoms with Gasteiger partial charge in [0.2, 0.25) is 0 Å². The summed E-state index contributed by atoms with van der Waals surface area (Å²) < 4.78 is 24.1. The molecule has 0 aromatic heterocycles. The lowest BCUT2D eigenvalue weighted by Crippen LogP contribution is -2.54. The predicted molar refractivity (Wildman–Crippen MR) is 84.4 cm³/mol. The van der Waals surface area contributed by atoms with Crippen LogP contribution in [0.3, 0.4) is 0 Å². The minimum absolute atomic E-state index is 0.118. The molecule has 1 aromatic carbocycles. The quantitative estimate of drug-likeness (QED) is 0.877. The molecule has 2 aliphatic rings. The van der Waals surface area contributed by atoms with Crippen molar-refractivity contribution in [2.75, 3.05) is 44.8 Å². The SMILES string of the molecule is O=C(Nc1cc(F)ccc1Cl)N[C@@H]1COC[C@H]1N1CCOCC1. The highest BCUT2D eigenvalue weighted by Crippen LogP contribution is 2.22. The summed E-state index contributed by atoms with van der Waals surface area (Å²) in [6, 6.07) is 3.40. The van der Waals surface area contributed by atoms with Gasteiger partial charge in [-0.3, -0.25) is 4.90 Å². The van der Waals surface area contributed by atoms with Gasteiger partial charge in [0, 0.05) is 13.1 Å². The Labute approximate surface area is 138 Å². The zero-order valence-electron chi connectivity index (χ0n) is 12.6. The van der Waals surface area contributed by atoms with Gasteiger partial charge in [-0.05, 0) is 18.2 Å². The predicted octanol–water partition coefficient (Wildman–Crippen LogP) is 1.70. The maximum absolute atomic E-state index is 13.2. The first-order valence-corrected chi connectivity index (χ1v) is 7.93. The van der Waals surface area contributed by atoms with Gasteiger partial charge in [0.1, 0.15) is 5.82 Å². The normalized spacial score (nSPS) is 25.3. The monoisotopic (exact) mass is 343 g/mol. The molecule has 126 valence electrons. The van der Waals surface area contributed by atoms with Crippen LogP contribution in [0.5, 0.6) is 0 Å². The van der Waals surface area contributed by atoms with Crippen LogP contribution in [0.15, 0.2) is 18.2 Å². The van der Waals surface area contributed by atoms with Crippen LogP contribution in [0.1, 0.15) is 0 Å². The number of nitrogens with zero attached hydrogens (tertiary/aromatic N) is 1. The third kappa shape index (κ3) is 4.11. The average Bonchev–Trinajstić information content (AvgIpc) is 3.00. The van der Waals surface area contributed by atoms with Crippen molar-refractivity contribution in [3.8, 4) is 0 Å². The minimum atomic E-state index is -0.458. The Morgan fingerprint density at radius 2 is 2.04 bits per heavy atom. The third-order valence-electron chi connectivity index (χ3n) is 4.06. The van der Waals surface area contributed by atoms with E-state index in [0.29, 0.717) is 26.4 Å². The van der Waals surface area contributed by atoms with Gasteiger partial charge in [-0.2, -0.15) is 0 Å². The number of anilines is 1. The van der Waals surface area contributed by atoms with Crippen molar-refractivity contribution in [3.63, 3.8) is 0 Å². The lowest BCUT2D eigenvalue weighted by atomic mass is 10.1. The number of morpholine rings is 1. The first-order valence-electron chi connectivity index (χ1n) is 7.55. The number of amides is 2. The molecule has 2 saturated heterocycles. The van der Waals surface area contributed by atoms with Gasteiger partial charge >= 0.3 is 6.03 Å². The summed E-state index contributed by atoms with van der Waals surface area (Å²) >= 11 is 5.95. The minimum Gasteiger partial charge on any atom is -0.379 e. The Bertz CT molecular complexity index is 569. The fourth-order valence-corrected chi connectivity index (χ4v) is 3.03. The zero-order chi connectivity index (χ0) is 16.2. The summed E-state index contributed by atoms with van der Waals surface area (Å²) in [4.78, 5) is 14.4. The molecule has 0 radical (unpaired) electrons. The number of halogens is 2. The molecule has 1 aromatic rings. The molecule has 2 heterocycles. The Morgan fingerprint density at radius 1 is 1.26 bits per heavy atom. The van der Waals surface area contributed by atoms with E-state index < -0.39 is 11.8 Å². The first kappa shape index (κ1) is 16.4. The molecule has 2 amide bonds. The van der Waals surface area contributed by atoms with Crippen LogP contribution in [0.2, 0.25) is 5.02 Å². The van der Waals surface area contributed by atoms with Crippen molar-refractivity contribution < 1.29 is 18.7 Å². The number of nitrogens with one attached hydrogen (secondary N) is 2. The molecule has 2 N–H and O–H groups in total. The molecule has 2 atom stereocenters. The molecule has 0 saturated carbocycles. The number of rotatable bonds is 3. The van der Waals surface area contributed by atoms with E-state index in [2.05, 4.69) is 15.5 Å². The van der Waals surface area contributed by atoms with E-state index in [1.807, 2.05) is 0 Å². The number of hydrogen-bond donors (Lipinski definition) is 2. The molecule has 2 fully saturated rings. The van der Waals surface area contributed by atoms with Crippen molar-refractivity contribution in [3.05, 3.63) is 29.0 Å². The molecule has 23 heavy (non-hydrogen) atoms. The standard InChI is InChI=1S/C15H19ClFN3O3/c16-11-2-1-10(17)7-12(11)18-15(21)19-13-8-23-9-14(13)20-3-5-22-6-4-20/h1-2,7,13-14H,3-6,8-9H2,(H2,18,19,21)/t13-,14-/m1/s1. The molecular formula is C15H19ClFN3O3. The first-order chi connectivity index (χ1) is 11.1. The van der Waals surface area contributed by atoms with Crippen molar-refractivity contribution in [2.45, 2.75) is 12.1 Å². The smallest absolute Gasteiger partial charge is 0.319 e. The van der Waals surface area contributed by atoms with Gasteiger partial charge in [0.05, 0.1) is 49.2 Å². The lowest BCUT2D eigenvalue weighted by Gasteiger charge is -2.34. The van der Waals surface area contributed by atoms with Crippen molar-refractivity contribution >= 4 is 23.3 Å².